The lowest BCUT2D eigenvalue weighted by Gasteiger charge is -2.22. The van der Waals surface area contributed by atoms with Crippen molar-refractivity contribution in [2.24, 2.45) is 0 Å². The van der Waals surface area contributed by atoms with Crippen LogP contribution in [0, 0.1) is 12.7 Å². The number of aromatic amines is 1. The Bertz CT molecular complexity index is 1000. The van der Waals surface area contributed by atoms with Gasteiger partial charge in [0, 0.05) is 12.6 Å². The Morgan fingerprint density at radius 1 is 1.36 bits per heavy atom. The Hall–Kier alpha value is -2.96. The van der Waals surface area contributed by atoms with Gasteiger partial charge in [0.25, 0.3) is 11.5 Å². The fraction of sp³-hybridized carbons (Fsp3) is 0.278. The molecule has 0 aliphatic heterocycles. The van der Waals surface area contributed by atoms with Gasteiger partial charge in [-0.1, -0.05) is 12.1 Å². The smallest absolute Gasteiger partial charge is 0.262 e. The van der Waals surface area contributed by atoms with Gasteiger partial charge in [-0.15, -0.1) is 0 Å². The van der Waals surface area contributed by atoms with Crippen LogP contribution < -0.4 is 5.56 Å². The van der Waals surface area contributed by atoms with Gasteiger partial charge in [0.2, 0.25) is 5.71 Å². The number of carbonyl (C=O) groups is 1. The van der Waals surface area contributed by atoms with Crippen LogP contribution in [-0.4, -0.2) is 26.8 Å². The number of furan rings is 1. The van der Waals surface area contributed by atoms with E-state index < -0.39 is 5.56 Å². The lowest BCUT2D eigenvalue weighted by atomic mass is 10.1. The largest absolute Gasteiger partial charge is 0.442 e. The first-order valence-corrected chi connectivity index (χ1v) is 8.07. The lowest BCUT2D eigenvalue weighted by molar-refractivity contribution is 0.0730. The predicted molar refractivity (Wildman–Crippen MR) is 88.7 cm³/mol. The van der Waals surface area contributed by atoms with Crippen LogP contribution >= 0.6 is 0 Å². The normalized spacial score (nSPS) is 14.0. The van der Waals surface area contributed by atoms with Crippen molar-refractivity contribution in [2.75, 3.05) is 0 Å². The fourth-order valence-corrected chi connectivity index (χ4v) is 2.99. The van der Waals surface area contributed by atoms with Crippen LogP contribution in [0.4, 0.5) is 4.39 Å². The molecule has 2 aromatic heterocycles. The molecule has 1 aliphatic rings. The molecule has 2 heterocycles. The third-order valence-corrected chi connectivity index (χ3v) is 4.40. The summed E-state index contributed by atoms with van der Waals surface area (Å²) in [5.74, 6) is -0.210. The van der Waals surface area contributed by atoms with E-state index in [4.69, 9.17) is 4.42 Å². The number of aryl methyl sites for hydroxylation is 1. The van der Waals surface area contributed by atoms with Gasteiger partial charge in [-0.25, -0.2) is 9.37 Å². The summed E-state index contributed by atoms with van der Waals surface area (Å²) in [5.41, 5.74) is 0.836. The van der Waals surface area contributed by atoms with E-state index in [0.29, 0.717) is 12.3 Å². The molecule has 4 rings (SSSR count). The first-order chi connectivity index (χ1) is 12.0. The zero-order valence-corrected chi connectivity index (χ0v) is 13.6. The number of fused-ring (bicyclic) bond motifs is 1. The predicted octanol–water partition coefficient (Wildman–Crippen LogP) is 2.77. The van der Waals surface area contributed by atoms with E-state index in [2.05, 4.69) is 9.97 Å². The zero-order chi connectivity index (χ0) is 17.6. The first-order valence-electron chi connectivity index (χ1n) is 8.07. The summed E-state index contributed by atoms with van der Waals surface area (Å²) in [7, 11) is 0. The number of amides is 1. The van der Waals surface area contributed by atoms with Gasteiger partial charge in [-0.2, -0.15) is 0 Å². The number of carbonyl (C=O) groups excluding carboxylic acids is 1. The van der Waals surface area contributed by atoms with Gasteiger partial charge in [-0.3, -0.25) is 9.59 Å². The second kappa shape index (κ2) is 5.84. The van der Waals surface area contributed by atoms with Gasteiger partial charge in [-0.05, 0) is 37.5 Å². The third-order valence-electron chi connectivity index (χ3n) is 4.40. The van der Waals surface area contributed by atoms with Crippen molar-refractivity contribution in [3.05, 3.63) is 63.7 Å². The number of aromatic nitrogens is 2. The summed E-state index contributed by atoms with van der Waals surface area (Å²) in [5, 5.41) is 0.176. The molecule has 1 aliphatic carbocycles. The Balaban J connectivity index is 1.74. The average Bonchev–Trinajstić information content (AvgIpc) is 3.36. The van der Waals surface area contributed by atoms with Crippen LogP contribution in [0.2, 0.25) is 0 Å². The molecule has 0 atom stereocenters. The zero-order valence-electron chi connectivity index (χ0n) is 13.6. The van der Waals surface area contributed by atoms with Crippen molar-refractivity contribution in [3.63, 3.8) is 0 Å². The summed E-state index contributed by atoms with van der Waals surface area (Å²) >= 11 is 0. The number of nitrogens with zero attached hydrogens (tertiary/aromatic N) is 2. The molecule has 0 spiro atoms. The van der Waals surface area contributed by atoms with Crippen molar-refractivity contribution in [1.29, 1.82) is 0 Å². The Morgan fingerprint density at radius 2 is 2.08 bits per heavy atom. The molecular formula is C18H16FN3O3. The minimum Gasteiger partial charge on any atom is -0.442 e. The molecule has 1 aromatic carbocycles. The Morgan fingerprint density at radius 3 is 2.76 bits per heavy atom. The van der Waals surface area contributed by atoms with Gasteiger partial charge in [0.05, 0.1) is 11.9 Å². The molecule has 128 valence electrons. The van der Waals surface area contributed by atoms with Crippen LogP contribution in [0.1, 0.15) is 34.5 Å². The highest BCUT2D eigenvalue weighted by Crippen LogP contribution is 2.32. The average molecular weight is 341 g/mol. The standard InChI is InChI=1S/C18H16FN3O3/c1-10-14(15-16(23)20-9-21-17(15)25-10)18(24)22(13-6-7-13)8-11-2-4-12(19)5-3-11/h2-5,9,13H,6-8H2,1H3,(H,20,21,23). The quantitative estimate of drug-likeness (QED) is 0.791. The van der Waals surface area contributed by atoms with E-state index in [1.807, 2.05) is 0 Å². The van der Waals surface area contributed by atoms with Crippen LogP contribution in [0.25, 0.3) is 11.1 Å². The molecule has 1 fully saturated rings. The maximum Gasteiger partial charge on any atom is 0.262 e. The summed E-state index contributed by atoms with van der Waals surface area (Å²) in [4.78, 5) is 33.5. The maximum absolute atomic E-state index is 13.2. The molecule has 0 saturated heterocycles. The molecule has 1 amide bonds. The van der Waals surface area contributed by atoms with Crippen LogP contribution in [0.15, 0.2) is 39.8 Å². The summed E-state index contributed by atoms with van der Waals surface area (Å²) in [6.45, 7) is 2.01. The van der Waals surface area contributed by atoms with Crippen molar-refractivity contribution in [3.8, 4) is 0 Å². The van der Waals surface area contributed by atoms with Crippen LogP contribution in [0.3, 0.4) is 0 Å². The van der Waals surface area contributed by atoms with Gasteiger partial charge < -0.3 is 14.3 Å². The molecular weight excluding hydrogens is 325 g/mol. The van der Waals surface area contributed by atoms with E-state index in [0.717, 1.165) is 18.4 Å². The molecule has 25 heavy (non-hydrogen) atoms. The monoisotopic (exact) mass is 341 g/mol. The molecule has 0 unspecified atom stereocenters. The second-order valence-electron chi connectivity index (χ2n) is 6.24. The van der Waals surface area contributed by atoms with Crippen LogP contribution in [0.5, 0.6) is 0 Å². The van der Waals surface area contributed by atoms with Crippen molar-refractivity contribution in [1.82, 2.24) is 14.9 Å². The molecule has 1 saturated carbocycles. The Kier molecular flexibility index (Phi) is 3.63. The number of rotatable bonds is 4. The molecule has 0 bridgehead atoms. The number of nitrogens with one attached hydrogen (secondary N) is 1. The maximum atomic E-state index is 13.2. The highest BCUT2D eigenvalue weighted by atomic mass is 19.1. The lowest BCUT2D eigenvalue weighted by Crippen LogP contribution is -2.33. The summed E-state index contributed by atoms with van der Waals surface area (Å²) in [6, 6.07) is 6.19. The minimum atomic E-state index is -0.400. The van der Waals surface area contributed by atoms with E-state index in [9.17, 15) is 14.0 Å². The number of halogens is 1. The van der Waals surface area contributed by atoms with Gasteiger partial charge in [0.1, 0.15) is 17.0 Å². The topological polar surface area (TPSA) is 79.2 Å². The van der Waals surface area contributed by atoms with E-state index in [-0.39, 0.29) is 34.4 Å². The second-order valence-corrected chi connectivity index (χ2v) is 6.24. The number of H-pyrrole nitrogens is 1. The minimum absolute atomic E-state index is 0.123. The van der Waals surface area contributed by atoms with E-state index >= 15 is 0 Å². The van der Waals surface area contributed by atoms with E-state index in [1.54, 1.807) is 24.0 Å². The molecule has 0 radical (unpaired) electrons. The van der Waals surface area contributed by atoms with Crippen molar-refractivity contribution in [2.45, 2.75) is 32.4 Å². The SMILES string of the molecule is Cc1oc2nc[nH]c(=O)c2c1C(=O)N(Cc1ccc(F)cc1)C1CC1. The number of hydrogen-bond donors (Lipinski definition) is 1. The van der Waals surface area contributed by atoms with Crippen LogP contribution in [-0.2, 0) is 6.54 Å². The number of benzene rings is 1. The van der Waals surface area contributed by atoms with Gasteiger partial charge in [0.15, 0.2) is 0 Å². The number of hydrogen-bond acceptors (Lipinski definition) is 4. The highest BCUT2D eigenvalue weighted by Gasteiger charge is 2.35. The summed E-state index contributed by atoms with van der Waals surface area (Å²) in [6.07, 6.45) is 3.08. The summed E-state index contributed by atoms with van der Waals surface area (Å²) < 4.78 is 18.6. The molecule has 7 heteroatoms. The molecule has 3 aromatic rings. The van der Waals surface area contributed by atoms with Crippen molar-refractivity contribution >= 4 is 17.0 Å². The Labute approximate surface area is 142 Å². The van der Waals surface area contributed by atoms with Gasteiger partial charge >= 0.3 is 0 Å². The third kappa shape index (κ3) is 2.82. The highest BCUT2D eigenvalue weighted by molar-refractivity contribution is 6.06. The van der Waals surface area contributed by atoms with Crippen molar-refractivity contribution < 1.29 is 13.6 Å². The molecule has 6 nitrogen and oxygen atoms in total. The van der Waals surface area contributed by atoms with E-state index in [1.165, 1.54) is 18.5 Å². The fourth-order valence-electron chi connectivity index (χ4n) is 2.99. The molecule has 1 N–H and O–H groups in total. The first kappa shape index (κ1) is 15.6.